The number of amides is 2. The topological polar surface area (TPSA) is 67.4 Å². The molecule has 4 aliphatic rings. The van der Waals surface area contributed by atoms with Crippen LogP contribution in [0.25, 0.3) is 0 Å². The number of ether oxygens (including phenoxy) is 1. The number of carbonyl (C=O) groups is 2. The van der Waals surface area contributed by atoms with Crippen LogP contribution in [-0.4, -0.2) is 38.1 Å². The Balaban J connectivity index is 1.14. The summed E-state index contributed by atoms with van der Waals surface area (Å²) in [5.74, 6) is 1.27. The number of hydrogen-bond donors (Lipinski definition) is 2. The van der Waals surface area contributed by atoms with E-state index >= 15 is 0 Å². The van der Waals surface area contributed by atoms with Crippen molar-refractivity contribution >= 4 is 11.8 Å². The standard InChI is InChI=1S/C21H28N2O3/c1-14-4-2-3-5-16(14)17-8-18(17)20(25)23-7-6-22-19(24)11-21-9-15(10-21)12-26-13-21/h2-5,15,17-18H,6-13H2,1H3,(H,22,24)(H,23,25)/t15?,17-,18+,21?/m0/s1. The molecule has 2 aliphatic heterocycles. The number of hydrogen-bond acceptors (Lipinski definition) is 3. The molecule has 0 radical (unpaired) electrons. The van der Waals surface area contributed by atoms with Crippen LogP contribution >= 0.6 is 0 Å². The largest absolute Gasteiger partial charge is 0.381 e. The Bertz CT molecular complexity index is 691. The lowest BCUT2D eigenvalue weighted by Gasteiger charge is -2.51. The van der Waals surface area contributed by atoms with Gasteiger partial charge in [-0.05, 0) is 49.1 Å². The van der Waals surface area contributed by atoms with Crippen molar-refractivity contribution < 1.29 is 14.3 Å². The lowest BCUT2D eigenvalue weighted by atomic mass is 9.59. The Labute approximate surface area is 154 Å². The van der Waals surface area contributed by atoms with Gasteiger partial charge in [-0.15, -0.1) is 0 Å². The van der Waals surface area contributed by atoms with Gasteiger partial charge < -0.3 is 15.4 Å². The maximum atomic E-state index is 12.3. The molecule has 1 aromatic rings. The van der Waals surface area contributed by atoms with Gasteiger partial charge in [0.2, 0.25) is 11.8 Å². The van der Waals surface area contributed by atoms with Gasteiger partial charge in [0.15, 0.2) is 0 Å². The van der Waals surface area contributed by atoms with Crippen molar-refractivity contribution in [2.45, 2.75) is 38.5 Å². The van der Waals surface area contributed by atoms with E-state index in [2.05, 4.69) is 29.7 Å². The molecule has 5 heteroatoms. The lowest BCUT2D eigenvalue weighted by Crippen LogP contribution is -2.50. The first-order chi connectivity index (χ1) is 12.6. The summed E-state index contributed by atoms with van der Waals surface area (Å²) in [6.45, 7) is 4.66. The molecule has 2 heterocycles. The van der Waals surface area contributed by atoms with Gasteiger partial charge in [0.25, 0.3) is 0 Å². The highest BCUT2D eigenvalue weighted by atomic mass is 16.5. The Morgan fingerprint density at radius 3 is 2.69 bits per heavy atom. The molecule has 2 N–H and O–H groups in total. The molecule has 0 unspecified atom stereocenters. The second kappa shape index (κ2) is 7.03. The van der Waals surface area contributed by atoms with Gasteiger partial charge in [0.1, 0.15) is 0 Å². The molecule has 0 spiro atoms. The zero-order valence-corrected chi connectivity index (χ0v) is 15.4. The summed E-state index contributed by atoms with van der Waals surface area (Å²) in [4.78, 5) is 24.4. The molecule has 0 aromatic heterocycles. The zero-order chi connectivity index (χ0) is 18.1. The van der Waals surface area contributed by atoms with Crippen molar-refractivity contribution in [1.29, 1.82) is 0 Å². The Morgan fingerprint density at radius 1 is 1.19 bits per heavy atom. The average molecular weight is 356 g/mol. The molecule has 2 saturated carbocycles. The number of aryl methyl sites for hydroxylation is 1. The van der Waals surface area contributed by atoms with Crippen molar-refractivity contribution in [3.8, 4) is 0 Å². The fourth-order valence-electron chi connectivity index (χ4n) is 4.79. The smallest absolute Gasteiger partial charge is 0.223 e. The van der Waals surface area contributed by atoms with Gasteiger partial charge in [-0.2, -0.15) is 0 Å². The van der Waals surface area contributed by atoms with Gasteiger partial charge in [-0.25, -0.2) is 0 Å². The van der Waals surface area contributed by atoms with Crippen molar-refractivity contribution in [2.75, 3.05) is 26.3 Å². The minimum absolute atomic E-state index is 0.0763. The summed E-state index contributed by atoms with van der Waals surface area (Å²) in [6.07, 6.45) is 3.72. The van der Waals surface area contributed by atoms with E-state index < -0.39 is 0 Å². The van der Waals surface area contributed by atoms with Gasteiger partial charge in [0.05, 0.1) is 6.61 Å². The van der Waals surface area contributed by atoms with Crippen LogP contribution in [-0.2, 0) is 14.3 Å². The normalized spacial score (nSPS) is 31.7. The summed E-state index contributed by atoms with van der Waals surface area (Å²) in [6, 6.07) is 8.28. The third-order valence-corrected chi connectivity index (χ3v) is 6.20. The van der Waals surface area contributed by atoms with Gasteiger partial charge in [0, 0.05) is 37.5 Å². The second-order valence-electron chi connectivity index (χ2n) is 8.41. The fourth-order valence-corrected chi connectivity index (χ4v) is 4.79. The number of rotatable bonds is 7. The molecule has 2 bridgehead atoms. The summed E-state index contributed by atoms with van der Waals surface area (Å²) in [5.41, 5.74) is 2.63. The maximum Gasteiger partial charge on any atom is 0.223 e. The fraction of sp³-hybridized carbons (Fsp3) is 0.619. The molecule has 5 nitrogen and oxygen atoms in total. The highest BCUT2D eigenvalue weighted by Gasteiger charge is 2.49. The zero-order valence-electron chi connectivity index (χ0n) is 15.4. The molecule has 2 saturated heterocycles. The molecule has 26 heavy (non-hydrogen) atoms. The molecular formula is C21H28N2O3. The lowest BCUT2D eigenvalue weighted by molar-refractivity contribution is -0.150. The first-order valence-corrected chi connectivity index (χ1v) is 9.74. The highest BCUT2D eigenvalue weighted by Crippen LogP contribution is 2.51. The van der Waals surface area contributed by atoms with E-state index in [1.165, 1.54) is 11.1 Å². The van der Waals surface area contributed by atoms with Crippen LogP contribution in [0.5, 0.6) is 0 Å². The maximum absolute atomic E-state index is 12.3. The van der Waals surface area contributed by atoms with E-state index in [1.54, 1.807) is 0 Å². The van der Waals surface area contributed by atoms with Gasteiger partial charge >= 0.3 is 0 Å². The molecule has 140 valence electrons. The average Bonchev–Trinajstić information content (AvgIpc) is 3.39. The summed E-state index contributed by atoms with van der Waals surface area (Å²) in [5, 5.41) is 5.90. The van der Waals surface area contributed by atoms with Crippen LogP contribution in [0.15, 0.2) is 24.3 Å². The van der Waals surface area contributed by atoms with E-state index in [-0.39, 0.29) is 23.1 Å². The molecule has 2 amide bonds. The Hall–Kier alpha value is -1.88. The van der Waals surface area contributed by atoms with E-state index in [9.17, 15) is 9.59 Å². The summed E-state index contributed by atoms with van der Waals surface area (Å²) in [7, 11) is 0. The highest BCUT2D eigenvalue weighted by molar-refractivity contribution is 5.83. The molecule has 2 aliphatic carbocycles. The Morgan fingerprint density at radius 2 is 1.96 bits per heavy atom. The molecule has 2 atom stereocenters. The van der Waals surface area contributed by atoms with Crippen molar-refractivity contribution in [1.82, 2.24) is 10.6 Å². The van der Waals surface area contributed by atoms with Gasteiger partial charge in [-0.1, -0.05) is 24.3 Å². The molecular weight excluding hydrogens is 328 g/mol. The first kappa shape index (κ1) is 17.5. The quantitative estimate of drug-likeness (QED) is 0.736. The minimum atomic E-state index is 0.0763. The van der Waals surface area contributed by atoms with Crippen LogP contribution < -0.4 is 10.6 Å². The second-order valence-corrected chi connectivity index (χ2v) is 8.41. The molecule has 4 fully saturated rings. The van der Waals surface area contributed by atoms with Crippen molar-refractivity contribution in [2.24, 2.45) is 17.3 Å². The summed E-state index contributed by atoms with van der Waals surface area (Å²) >= 11 is 0. The minimum Gasteiger partial charge on any atom is -0.381 e. The number of benzene rings is 1. The monoisotopic (exact) mass is 356 g/mol. The van der Waals surface area contributed by atoms with Crippen molar-refractivity contribution in [3.63, 3.8) is 0 Å². The van der Waals surface area contributed by atoms with E-state index in [1.807, 2.05) is 12.1 Å². The van der Waals surface area contributed by atoms with Crippen LogP contribution in [0.1, 0.15) is 42.7 Å². The van der Waals surface area contributed by atoms with E-state index in [0.29, 0.717) is 31.3 Å². The third-order valence-electron chi connectivity index (χ3n) is 6.20. The van der Waals surface area contributed by atoms with Gasteiger partial charge in [-0.3, -0.25) is 9.59 Å². The predicted octanol–water partition coefficient (Wildman–Crippen LogP) is 2.15. The van der Waals surface area contributed by atoms with E-state index in [0.717, 1.165) is 32.5 Å². The number of nitrogens with one attached hydrogen (secondary N) is 2. The van der Waals surface area contributed by atoms with Crippen LogP contribution in [0.2, 0.25) is 0 Å². The van der Waals surface area contributed by atoms with Crippen LogP contribution in [0.3, 0.4) is 0 Å². The Kier molecular flexibility index (Phi) is 4.74. The number of fused-ring (bicyclic) bond motifs is 2. The summed E-state index contributed by atoms with van der Waals surface area (Å²) < 4.78 is 5.54. The van der Waals surface area contributed by atoms with Crippen molar-refractivity contribution in [3.05, 3.63) is 35.4 Å². The number of carbonyl (C=O) groups excluding carboxylic acids is 2. The SMILES string of the molecule is Cc1ccccc1[C@@H]1C[C@H]1C(=O)NCCNC(=O)CC12COCC(C1)C2. The third kappa shape index (κ3) is 3.63. The van der Waals surface area contributed by atoms with E-state index in [4.69, 9.17) is 4.74 Å². The molecule has 1 aromatic carbocycles. The molecule has 5 rings (SSSR count). The van der Waals surface area contributed by atoms with Crippen LogP contribution in [0.4, 0.5) is 0 Å². The first-order valence-electron chi connectivity index (χ1n) is 9.74. The predicted molar refractivity (Wildman–Crippen MR) is 98.6 cm³/mol. The van der Waals surface area contributed by atoms with Crippen LogP contribution in [0, 0.1) is 24.2 Å².